The zero-order valence-corrected chi connectivity index (χ0v) is 12.6. The Balaban J connectivity index is 2.09. The van der Waals surface area contributed by atoms with E-state index in [9.17, 15) is 8.78 Å². The number of hydrogen-bond acceptors (Lipinski definition) is 2. The molecule has 0 radical (unpaired) electrons. The Kier molecular flexibility index (Phi) is 5.30. The number of hydrogen-bond donors (Lipinski definition) is 1. The topological polar surface area (TPSA) is 15.3 Å². The highest BCUT2D eigenvalue weighted by molar-refractivity contribution is 9.10. The highest BCUT2D eigenvalue weighted by Crippen LogP contribution is 2.24. The largest absolute Gasteiger partial charge is 0.317 e. The average Bonchev–Trinajstić information content (AvgIpc) is 2.68. The number of nitrogens with one attached hydrogen (secondary N) is 1. The highest BCUT2D eigenvalue weighted by atomic mass is 79.9. The summed E-state index contributed by atoms with van der Waals surface area (Å²) in [6.07, 6.45) is 3.20. The monoisotopic (exact) mass is 332 g/mol. The molecule has 1 aromatic rings. The lowest BCUT2D eigenvalue weighted by Crippen LogP contribution is -2.32. The van der Waals surface area contributed by atoms with E-state index in [1.54, 1.807) is 0 Å². The van der Waals surface area contributed by atoms with Gasteiger partial charge in [-0.05, 0) is 67.5 Å². The quantitative estimate of drug-likeness (QED) is 0.854. The molecule has 19 heavy (non-hydrogen) atoms. The van der Waals surface area contributed by atoms with Crippen LogP contribution in [0.25, 0.3) is 0 Å². The highest BCUT2D eigenvalue weighted by Gasteiger charge is 2.20. The fraction of sp³-hybridized carbons (Fsp3) is 0.571. The summed E-state index contributed by atoms with van der Waals surface area (Å²) in [5, 5.41) is 3.35. The third kappa shape index (κ3) is 3.74. The zero-order chi connectivity index (χ0) is 13.8. The second kappa shape index (κ2) is 6.77. The first-order chi connectivity index (χ1) is 9.09. The molecule has 0 bridgehead atoms. The van der Waals surface area contributed by atoms with E-state index in [2.05, 4.69) is 26.1 Å². The predicted molar refractivity (Wildman–Crippen MR) is 76.0 cm³/mol. The molecule has 1 N–H and O–H groups in total. The first-order valence-corrected chi connectivity index (χ1v) is 7.42. The van der Waals surface area contributed by atoms with Crippen LogP contribution in [-0.4, -0.2) is 31.1 Å². The lowest BCUT2D eigenvalue weighted by molar-refractivity contribution is 0.211. The number of benzene rings is 1. The van der Waals surface area contributed by atoms with Crippen molar-refractivity contribution in [2.24, 2.45) is 0 Å². The van der Waals surface area contributed by atoms with Gasteiger partial charge in [0.05, 0.1) is 4.47 Å². The van der Waals surface area contributed by atoms with E-state index >= 15 is 0 Å². The van der Waals surface area contributed by atoms with Crippen molar-refractivity contribution in [1.82, 2.24) is 10.2 Å². The predicted octanol–water partition coefficient (Wildman–Crippen LogP) is 3.30. The molecule has 0 amide bonds. The van der Waals surface area contributed by atoms with Crippen LogP contribution in [0, 0.1) is 11.6 Å². The second-order valence-corrected chi connectivity index (χ2v) is 5.93. The van der Waals surface area contributed by atoms with Crippen LogP contribution in [0.1, 0.15) is 24.8 Å². The van der Waals surface area contributed by atoms with Crippen molar-refractivity contribution < 1.29 is 8.78 Å². The third-order valence-electron chi connectivity index (χ3n) is 3.72. The first-order valence-electron chi connectivity index (χ1n) is 6.63. The Morgan fingerprint density at radius 3 is 2.89 bits per heavy atom. The molecule has 0 spiro atoms. The molecular weight excluding hydrogens is 314 g/mol. The molecule has 106 valence electrons. The van der Waals surface area contributed by atoms with Crippen molar-refractivity contribution in [3.63, 3.8) is 0 Å². The Labute approximate surface area is 121 Å². The summed E-state index contributed by atoms with van der Waals surface area (Å²) >= 11 is 3.11. The maximum atomic E-state index is 13.9. The Morgan fingerprint density at radius 1 is 1.32 bits per heavy atom. The van der Waals surface area contributed by atoms with Crippen LogP contribution in [0.5, 0.6) is 0 Å². The van der Waals surface area contributed by atoms with E-state index in [0.29, 0.717) is 17.1 Å². The van der Waals surface area contributed by atoms with Gasteiger partial charge in [-0.2, -0.15) is 0 Å². The zero-order valence-electron chi connectivity index (χ0n) is 11.1. The minimum absolute atomic E-state index is 0.147. The summed E-state index contributed by atoms with van der Waals surface area (Å²) in [5.41, 5.74) is 0.147. The molecule has 1 saturated heterocycles. The van der Waals surface area contributed by atoms with Gasteiger partial charge < -0.3 is 5.32 Å². The summed E-state index contributed by atoms with van der Waals surface area (Å²) in [7, 11) is 1.94. The van der Waals surface area contributed by atoms with Gasteiger partial charge in [0, 0.05) is 18.2 Å². The van der Waals surface area contributed by atoms with Gasteiger partial charge in [-0.1, -0.05) is 0 Å². The van der Waals surface area contributed by atoms with Crippen LogP contribution in [0.2, 0.25) is 0 Å². The Hall–Kier alpha value is -0.520. The van der Waals surface area contributed by atoms with Gasteiger partial charge in [0.15, 0.2) is 0 Å². The van der Waals surface area contributed by atoms with Crippen LogP contribution in [0.15, 0.2) is 16.6 Å². The lowest BCUT2D eigenvalue weighted by Gasteiger charge is -2.27. The van der Waals surface area contributed by atoms with Gasteiger partial charge in [-0.15, -0.1) is 0 Å². The fourth-order valence-electron chi connectivity index (χ4n) is 2.53. The molecule has 1 fully saturated rings. The SMILES string of the molecule is CN(Cc1c(F)ccc(Br)c1F)C1CCCNCC1. The van der Waals surface area contributed by atoms with Crippen LogP contribution < -0.4 is 5.32 Å². The minimum atomic E-state index is -0.487. The second-order valence-electron chi connectivity index (χ2n) is 5.07. The molecule has 2 nitrogen and oxygen atoms in total. The maximum absolute atomic E-state index is 13.9. The fourth-order valence-corrected chi connectivity index (χ4v) is 2.91. The molecule has 5 heteroatoms. The molecule has 1 heterocycles. The van der Waals surface area contributed by atoms with Gasteiger partial charge in [0.25, 0.3) is 0 Å². The van der Waals surface area contributed by atoms with Gasteiger partial charge in [0.1, 0.15) is 11.6 Å². The number of nitrogens with zero attached hydrogens (tertiary/aromatic N) is 1. The number of halogens is 3. The van der Waals surface area contributed by atoms with E-state index in [1.165, 1.54) is 12.1 Å². The van der Waals surface area contributed by atoms with Crippen LogP contribution in [0.4, 0.5) is 8.78 Å². The lowest BCUT2D eigenvalue weighted by atomic mass is 10.1. The maximum Gasteiger partial charge on any atom is 0.144 e. The van der Waals surface area contributed by atoms with Crippen molar-refractivity contribution in [3.8, 4) is 0 Å². The van der Waals surface area contributed by atoms with E-state index in [4.69, 9.17) is 0 Å². The Bertz CT molecular complexity index is 432. The molecule has 0 aromatic heterocycles. The molecular formula is C14H19BrF2N2. The van der Waals surface area contributed by atoms with Crippen LogP contribution in [0.3, 0.4) is 0 Å². The van der Waals surface area contributed by atoms with E-state index < -0.39 is 11.6 Å². The molecule has 1 unspecified atom stereocenters. The van der Waals surface area contributed by atoms with E-state index in [-0.39, 0.29) is 5.56 Å². The summed E-state index contributed by atoms with van der Waals surface area (Å²) < 4.78 is 28.0. The summed E-state index contributed by atoms with van der Waals surface area (Å²) in [5.74, 6) is -0.960. The minimum Gasteiger partial charge on any atom is -0.317 e. The first kappa shape index (κ1) is 14.9. The summed E-state index contributed by atoms with van der Waals surface area (Å²) in [4.78, 5) is 2.06. The molecule has 0 aliphatic carbocycles. The smallest absolute Gasteiger partial charge is 0.144 e. The van der Waals surface area contributed by atoms with Gasteiger partial charge in [0.2, 0.25) is 0 Å². The van der Waals surface area contributed by atoms with Crippen LogP contribution >= 0.6 is 15.9 Å². The standard InChI is InChI=1S/C14H19BrF2N2/c1-19(10-3-2-7-18-8-6-10)9-11-13(16)5-4-12(15)14(11)17/h4-5,10,18H,2-3,6-9H2,1H3. The molecule has 1 atom stereocenters. The van der Waals surface area contributed by atoms with Crippen LogP contribution in [-0.2, 0) is 6.54 Å². The van der Waals surface area contributed by atoms with Crippen molar-refractivity contribution in [1.29, 1.82) is 0 Å². The summed E-state index contributed by atoms with van der Waals surface area (Å²) in [6.45, 7) is 2.31. The average molecular weight is 333 g/mol. The molecule has 1 aliphatic heterocycles. The van der Waals surface area contributed by atoms with Gasteiger partial charge in [-0.3, -0.25) is 4.90 Å². The third-order valence-corrected chi connectivity index (χ3v) is 4.33. The summed E-state index contributed by atoms with van der Waals surface area (Å²) in [6, 6.07) is 3.10. The van der Waals surface area contributed by atoms with Crippen molar-refractivity contribution in [2.75, 3.05) is 20.1 Å². The number of rotatable bonds is 3. The van der Waals surface area contributed by atoms with E-state index in [0.717, 1.165) is 32.4 Å². The Morgan fingerprint density at radius 2 is 2.11 bits per heavy atom. The molecule has 1 aliphatic rings. The molecule has 1 aromatic carbocycles. The normalized spacial score (nSPS) is 20.6. The molecule has 2 rings (SSSR count). The van der Waals surface area contributed by atoms with Crippen molar-refractivity contribution in [2.45, 2.75) is 31.8 Å². The van der Waals surface area contributed by atoms with Crippen molar-refractivity contribution >= 4 is 15.9 Å². The van der Waals surface area contributed by atoms with Crippen molar-refractivity contribution in [3.05, 3.63) is 33.8 Å². The van der Waals surface area contributed by atoms with E-state index in [1.807, 2.05) is 7.05 Å². The molecule has 0 saturated carbocycles. The van der Waals surface area contributed by atoms with Gasteiger partial charge >= 0.3 is 0 Å². The van der Waals surface area contributed by atoms with Gasteiger partial charge in [-0.25, -0.2) is 8.78 Å².